The molecule has 3 nitrogen and oxygen atoms in total. The van der Waals surface area contributed by atoms with Crippen molar-refractivity contribution in [1.29, 1.82) is 0 Å². The van der Waals surface area contributed by atoms with E-state index in [1.54, 1.807) is 25.2 Å². The van der Waals surface area contributed by atoms with Gasteiger partial charge < -0.3 is 10.6 Å². The van der Waals surface area contributed by atoms with Crippen LogP contribution in [0.4, 0.5) is 18.9 Å². The van der Waals surface area contributed by atoms with Gasteiger partial charge in [0.15, 0.2) is 6.54 Å². The Kier molecular flexibility index (Phi) is 5.39. The number of carbonyl (C=O) groups is 1. The first-order valence-corrected chi connectivity index (χ1v) is 7.21. The smallest absolute Gasteiger partial charge is 0.279 e. The molecule has 0 unspecified atom stereocenters. The molecule has 2 rings (SSSR count). The number of aryl methyl sites for hydroxylation is 1. The third kappa shape index (κ3) is 4.56. The van der Waals surface area contributed by atoms with Crippen LogP contribution in [0.2, 0.25) is 0 Å². The third-order valence-corrected chi connectivity index (χ3v) is 3.51. The van der Waals surface area contributed by atoms with E-state index in [4.69, 9.17) is 0 Å². The maximum Gasteiger partial charge on any atom is 0.279 e. The summed E-state index contributed by atoms with van der Waals surface area (Å²) in [5.74, 6) is -2.21. The minimum atomic E-state index is -0.654. The van der Waals surface area contributed by atoms with Crippen LogP contribution >= 0.6 is 0 Å². The summed E-state index contributed by atoms with van der Waals surface area (Å²) in [6.07, 6.45) is 0. The Morgan fingerprint density at radius 2 is 1.87 bits per heavy atom. The lowest BCUT2D eigenvalue weighted by atomic mass is 10.1. The van der Waals surface area contributed by atoms with Gasteiger partial charge >= 0.3 is 0 Å². The predicted molar refractivity (Wildman–Crippen MR) is 81.3 cm³/mol. The second-order valence-corrected chi connectivity index (χ2v) is 5.43. The summed E-state index contributed by atoms with van der Waals surface area (Å²) in [4.78, 5) is 11.9. The summed E-state index contributed by atoms with van der Waals surface area (Å²) in [7, 11) is 0. The molecular weight excluding hydrogens is 305 g/mol. The van der Waals surface area contributed by atoms with Gasteiger partial charge in [0.05, 0.1) is 5.69 Å². The van der Waals surface area contributed by atoms with Gasteiger partial charge in [0.1, 0.15) is 23.5 Å². The Bertz CT molecular complexity index is 719. The predicted octanol–water partition coefficient (Wildman–Crippen LogP) is 2.68. The number of quaternary nitrogens is 1. The lowest BCUT2D eigenvalue weighted by molar-refractivity contribution is -0.682. The highest BCUT2D eigenvalue weighted by molar-refractivity contribution is 5.91. The molecule has 0 saturated heterocycles. The highest BCUT2D eigenvalue weighted by Gasteiger charge is 2.16. The summed E-state index contributed by atoms with van der Waals surface area (Å²) in [6.45, 7) is 3.45. The maximum absolute atomic E-state index is 13.7. The average molecular weight is 323 g/mol. The SMILES string of the molecule is Cc1ccc(NC(=O)C[NH2+][C@H](C)c2ccc(F)cc2F)c(F)c1. The standard InChI is InChI=1S/C17H17F3N2O/c1-10-3-6-16(15(20)7-10)22-17(23)9-21-11(2)13-5-4-12(18)8-14(13)19/h3-8,11,21H,9H2,1-2H3,(H,22,23)/p+1/t11-/m1/s1. The van der Waals surface area contributed by atoms with Gasteiger partial charge in [0.2, 0.25) is 0 Å². The van der Waals surface area contributed by atoms with E-state index in [1.807, 2.05) is 0 Å². The van der Waals surface area contributed by atoms with Crippen molar-refractivity contribution in [2.75, 3.05) is 11.9 Å². The van der Waals surface area contributed by atoms with E-state index in [9.17, 15) is 18.0 Å². The molecule has 0 aliphatic heterocycles. The molecule has 0 heterocycles. The van der Waals surface area contributed by atoms with Crippen LogP contribution in [-0.4, -0.2) is 12.5 Å². The van der Waals surface area contributed by atoms with Crippen molar-refractivity contribution in [3.8, 4) is 0 Å². The van der Waals surface area contributed by atoms with Gasteiger partial charge in [-0.15, -0.1) is 0 Å². The summed E-state index contributed by atoms with van der Waals surface area (Å²) < 4.78 is 40.2. The molecule has 23 heavy (non-hydrogen) atoms. The number of rotatable bonds is 5. The largest absolute Gasteiger partial charge is 0.332 e. The zero-order valence-electron chi connectivity index (χ0n) is 12.9. The Morgan fingerprint density at radius 1 is 1.13 bits per heavy atom. The Hall–Kier alpha value is -2.34. The number of hydrogen-bond acceptors (Lipinski definition) is 1. The number of benzene rings is 2. The monoisotopic (exact) mass is 323 g/mol. The Morgan fingerprint density at radius 3 is 2.52 bits per heavy atom. The van der Waals surface area contributed by atoms with Crippen LogP contribution in [0.15, 0.2) is 36.4 Å². The topological polar surface area (TPSA) is 45.7 Å². The van der Waals surface area contributed by atoms with E-state index >= 15 is 0 Å². The number of amides is 1. The number of carbonyl (C=O) groups excluding carboxylic acids is 1. The van der Waals surface area contributed by atoms with Crippen molar-refractivity contribution in [3.05, 3.63) is 65.0 Å². The number of anilines is 1. The van der Waals surface area contributed by atoms with E-state index in [1.165, 1.54) is 24.3 Å². The average Bonchev–Trinajstić information content (AvgIpc) is 2.48. The minimum Gasteiger partial charge on any atom is -0.332 e. The molecule has 122 valence electrons. The number of hydrogen-bond donors (Lipinski definition) is 2. The van der Waals surface area contributed by atoms with Crippen molar-refractivity contribution in [2.24, 2.45) is 0 Å². The van der Waals surface area contributed by atoms with Crippen LogP contribution in [0.1, 0.15) is 24.1 Å². The molecule has 0 aliphatic carbocycles. The molecule has 6 heteroatoms. The third-order valence-electron chi connectivity index (χ3n) is 3.51. The number of nitrogens with two attached hydrogens (primary N) is 1. The van der Waals surface area contributed by atoms with Crippen LogP contribution < -0.4 is 10.6 Å². The summed E-state index contributed by atoms with van der Waals surface area (Å²) in [5, 5.41) is 4.06. The molecule has 0 radical (unpaired) electrons. The lowest BCUT2D eigenvalue weighted by Gasteiger charge is -2.12. The van der Waals surface area contributed by atoms with E-state index in [0.717, 1.165) is 11.6 Å². The fraction of sp³-hybridized carbons (Fsp3) is 0.235. The van der Waals surface area contributed by atoms with E-state index in [2.05, 4.69) is 5.32 Å². The molecule has 0 spiro atoms. The highest BCUT2D eigenvalue weighted by atomic mass is 19.1. The van der Waals surface area contributed by atoms with Crippen LogP contribution in [0.3, 0.4) is 0 Å². The van der Waals surface area contributed by atoms with Gasteiger partial charge in [-0.05, 0) is 43.7 Å². The second-order valence-electron chi connectivity index (χ2n) is 5.43. The van der Waals surface area contributed by atoms with Crippen molar-refractivity contribution >= 4 is 11.6 Å². The van der Waals surface area contributed by atoms with Gasteiger partial charge in [-0.25, -0.2) is 13.2 Å². The van der Waals surface area contributed by atoms with Crippen LogP contribution in [0.5, 0.6) is 0 Å². The Balaban J connectivity index is 1.93. The van der Waals surface area contributed by atoms with Gasteiger partial charge in [0, 0.05) is 11.6 Å². The lowest BCUT2D eigenvalue weighted by Crippen LogP contribution is -2.86. The molecule has 2 aromatic carbocycles. The molecule has 0 aromatic heterocycles. The molecule has 0 bridgehead atoms. The van der Waals surface area contributed by atoms with Crippen molar-refractivity contribution in [3.63, 3.8) is 0 Å². The van der Waals surface area contributed by atoms with Crippen LogP contribution in [-0.2, 0) is 4.79 Å². The van der Waals surface area contributed by atoms with Crippen molar-refractivity contribution in [2.45, 2.75) is 19.9 Å². The molecule has 3 N–H and O–H groups in total. The van der Waals surface area contributed by atoms with E-state index < -0.39 is 23.4 Å². The van der Waals surface area contributed by atoms with Gasteiger partial charge in [-0.2, -0.15) is 0 Å². The fourth-order valence-electron chi connectivity index (χ4n) is 2.20. The first-order valence-electron chi connectivity index (χ1n) is 7.21. The molecule has 1 atom stereocenters. The number of halogens is 3. The molecular formula is C17H18F3N2O+. The highest BCUT2D eigenvalue weighted by Crippen LogP contribution is 2.16. The second kappa shape index (κ2) is 7.28. The van der Waals surface area contributed by atoms with Gasteiger partial charge in [0.25, 0.3) is 5.91 Å². The Labute approximate surface area is 132 Å². The van der Waals surface area contributed by atoms with E-state index in [0.29, 0.717) is 5.56 Å². The van der Waals surface area contributed by atoms with Crippen LogP contribution in [0, 0.1) is 24.4 Å². The van der Waals surface area contributed by atoms with Crippen molar-refractivity contribution in [1.82, 2.24) is 0 Å². The van der Waals surface area contributed by atoms with Crippen molar-refractivity contribution < 1.29 is 23.3 Å². The molecule has 2 aromatic rings. The zero-order valence-corrected chi connectivity index (χ0v) is 12.9. The normalized spacial score (nSPS) is 12.0. The van der Waals surface area contributed by atoms with Crippen LogP contribution in [0.25, 0.3) is 0 Å². The quantitative estimate of drug-likeness (QED) is 0.873. The summed E-state index contributed by atoms with van der Waals surface area (Å²) in [5.41, 5.74) is 1.17. The molecule has 0 aliphatic rings. The fourth-order valence-corrected chi connectivity index (χ4v) is 2.20. The van der Waals surface area contributed by atoms with Gasteiger partial charge in [-0.1, -0.05) is 6.07 Å². The molecule has 0 fully saturated rings. The maximum atomic E-state index is 13.7. The molecule has 1 amide bonds. The minimum absolute atomic E-state index is 0.00863. The summed E-state index contributed by atoms with van der Waals surface area (Å²) in [6, 6.07) is 7.47. The first kappa shape index (κ1) is 17.0. The zero-order chi connectivity index (χ0) is 17.0. The first-order chi connectivity index (χ1) is 10.9. The molecule has 0 saturated carbocycles. The summed E-state index contributed by atoms with van der Waals surface area (Å²) >= 11 is 0. The number of nitrogens with one attached hydrogen (secondary N) is 1. The van der Waals surface area contributed by atoms with E-state index in [-0.39, 0.29) is 18.3 Å². The van der Waals surface area contributed by atoms with Gasteiger partial charge in [-0.3, -0.25) is 4.79 Å².